The predicted molar refractivity (Wildman–Crippen MR) is 129 cm³/mol. The number of hydrogen-bond donors (Lipinski definition) is 1. The molecule has 0 unspecified atom stereocenters. The summed E-state index contributed by atoms with van der Waals surface area (Å²) < 4.78 is 15.7. The van der Waals surface area contributed by atoms with Crippen molar-refractivity contribution in [1.82, 2.24) is 4.98 Å². The second-order valence-electron chi connectivity index (χ2n) is 6.95. The Balaban J connectivity index is 1.52. The maximum absolute atomic E-state index is 12.3. The average Bonchev–Trinajstić information content (AvgIpc) is 3.24. The van der Waals surface area contributed by atoms with Gasteiger partial charge in [0.05, 0.1) is 31.4 Å². The van der Waals surface area contributed by atoms with Crippen LogP contribution in [0.15, 0.2) is 47.9 Å². The molecular formula is C24H23ClN2O5S. The fourth-order valence-corrected chi connectivity index (χ4v) is 4.01. The van der Waals surface area contributed by atoms with Gasteiger partial charge < -0.3 is 19.5 Å². The Bertz CT molecular complexity index is 1180. The number of rotatable bonds is 9. The van der Waals surface area contributed by atoms with Gasteiger partial charge in [0.2, 0.25) is 5.91 Å². The van der Waals surface area contributed by atoms with Crippen molar-refractivity contribution in [3.8, 4) is 11.5 Å². The Hall–Kier alpha value is -3.36. The summed E-state index contributed by atoms with van der Waals surface area (Å²) in [5.74, 6) is 0.191. The van der Waals surface area contributed by atoms with E-state index in [0.717, 1.165) is 11.3 Å². The molecule has 0 spiro atoms. The summed E-state index contributed by atoms with van der Waals surface area (Å²) in [7, 11) is 3.00. The molecule has 33 heavy (non-hydrogen) atoms. The molecule has 1 heterocycles. The molecule has 0 aliphatic rings. The van der Waals surface area contributed by atoms with Gasteiger partial charge in [0.25, 0.3) is 0 Å². The van der Waals surface area contributed by atoms with Gasteiger partial charge in [-0.1, -0.05) is 29.8 Å². The highest BCUT2D eigenvalue weighted by molar-refractivity contribution is 7.09. The van der Waals surface area contributed by atoms with E-state index in [4.69, 9.17) is 25.8 Å². The molecule has 0 radical (unpaired) electrons. The van der Waals surface area contributed by atoms with E-state index in [1.807, 2.05) is 31.2 Å². The molecule has 0 fully saturated rings. The lowest BCUT2D eigenvalue weighted by Gasteiger charge is -2.10. The molecule has 0 saturated carbocycles. The molecule has 3 aromatic rings. The number of benzene rings is 2. The Morgan fingerprint density at radius 1 is 1.18 bits per heavy atom. The third-order valence-electron chi connectivity index (χ3n) is 4.56. The van der Waals surface area contributed by atoms with Crippen LogP contribution in [-0.4, -0.2) is 31.1 Å². The van der Waals surface area contributed by atoms with Crippen LogP contribution in [-0.2, 0) is 27.4 Å². The van der Waals surface area contributed by atoms with E-state index in [-0.39, 0.29) is 18.9 Å². The molecule has 172 valence electrons. The van der Waals surface area contributed by atoms with Gasteiger partial charge in [-0.2, -0.15) is 0 Å². The van der Waals surface area contributed by atoms with Crippen LogP contribution in [0.4, 0.5) is 5.69 Å². The van der Waals surface area contributed by atoms with Gasteiger partial charge in [-0.3, -0.25) is 4.79 Å². The monoisotopic (exact) mass is 486 g/mol. The number of hydrogen-bond acceptors (Lipinski definition) is 7. The second-order valence-corrected chi connectivity index (χ2v) is 8.30. The molecule has 3 rings (SSSR count). The number of thiazole rings is 1. The first kappa shape index (κ1) is 24.3. The smallest absolute Gasteiger partial charge is 0.331 e. The number of aromatic nitrogens is 1. The first-order chi connectivity index (χ1) is 15.9. The van der Waals surface area contributed by atoms with Crippen molar-refractivity contribution in [2.24, 2.45) is 0 Å². The zero-order valence-electron chi connectivity index (χ0n) is 18.4. The largest absolute Gasteiger partial charge is 0.493 e. The third-order valence-corrected chi connectivity index (χ3v) is 5.74. The molecular weight excluding hydrogens is 464 g/mol. The van der Waals surface area contributed by atoms with Crippen LogP contribution in [0.3, 0.4) is 0 Å². The molecule has 0 atom stereocenters. The van der Waals surface area contributed by atoms with Gasteiger partial charge >= 0.3 is 5.97 Å². The number of aryl methyl sites for hydroxylation is 1. The first-order valence-corrected chi connectivity index (χ1v) is 11.2. The fourth-order valence-electron chi connectivity index (χ4n) is 2.93. The van der Waals surface area contributed by atoms with E-state index in [0.29, 0.717) is 32.8 Å². The van der Waals surface area contributed by atoms with E-state index < -0.39 is 5.97 Å². The molecule has 1 N–H and O–H groups in total. The minimum absolute atomic E-state index is 0.00573. The molecule has 0 aliphatic heterocycles. The summed E-state index contributed by atoms with van der Waals surface area (Å²) >= 11 is 7.51. The SMILES string of the molecule is COc1cc(/C=C/C(=O)OCc2csc(CC(=O)Nc3ccccc3C)n2)cc(Cl)c1OC. The number of esters is 1. The zero-order chi connectivity index (χ0) is 23.8. The van der Waals surface area contributed by atoms with Crippen LogP contribution >= 0.6 is 22.9 Å². The molecule has 9 heteroatoms. The lowest BCUT2D eigenvalue weighted by molar-refractivity contribution is -0.139. The summed E-state index contributed by atoms with van der Waals surface area (Å²) in [6.45, 7) is 1.94. The number of carbonyl (C=O) groups is 2. The minimum atomic E-state index is -0.534. The molecule has 0 saturated heterocycles. The van der Waals surface area contributed by atoms with Gasteiger partial charge in [0.15, 0.2) is 11.5 Å². The van der Waals surface area contributed by atoms with E-state index in [1.165, 1.54) is 31.6 Å². The summed E-state index contributed by atoms with van der Waals surface area (Å²) in [5, 5.41) is 5.65. The van der Waals surface area contributed by atoms with Crippen LogP contribution < -0.4 is 14.8 Å². The van der Waals surface area contributed by atoms with Gasteiger partial charge in [-0.25, -0.2) is 9.78 Å². The van der Waals surface area contributed by atoms with Crippen molar-refractivity contribution in [1.29, 1.82) is 0 Å². The lowest BCUT2D eigenvalue weighted by atomic mass is 10.2. The Morgan fingerprint density at radius 3 is 2.70 bits per heavy atom. The number of carbonyl (C=O) groups excluding carboxylic acids is 2. The number of para-hydroxylation sites is 1. The average molecular weight is 487 g/mol. The van der Waals surface area contributed by atoms with E-state index >= 15 is 0 Å². The number of halogens is 1. The van der Waals surface area contributed by atoms with Crippen LogP contribution in [0.2, 0.25) is 5.02 Å². The van der Waals surface area contributed by atoms with Gasteiger partial charge in [0.1, 0.15) is 11.6 Å². The van der Waals surface area contributed by atoms with Gasteiger partial charge in [-0.05, 0) is 42.3 Å². The maximum atomic E-state index is 12.3. The molecule has 0 bridgehead atoms. The van der Waals surface area contributed by atoms with E-state index in [9.17, 15) is 9.59 Å². The van der Waals surface area contributed by atoms with Gasteiger partial charge in [0, 0.05) is 17.1 Å². The number of amides is 1. The molecule has 1 aromatic heterocycles. The summed E-state index contributed by atoms with van der Waals surface area (Å²) in [4.78, 5) is 28.7. The highest BCUT2D eigenvalue weighted by Crippen LogP contribution is 2.36. The summed E-state index contributed by atoms with van der Waals surface area (Å²) in [6.07, 6.45) is 3.01. The van der Waals surface area contributed by atoms with Crippen molar-refractivity contribution in [3.63, 3.8) is 0 Å². The summed E-state index contributed by atoms with van der Waals surface area (Å²) in [6, 6.07) is 10.9. The van der Waals surface area contributed by atoms with E-state index in [1.54, 1.807) is 23.6 Å². The summed E-state index contributed by atoms with van der Waals surface area (Å²) in [5.41, 5.74) is 3.00. The molecule has 2 aromatic carbocycles. The van der Waals surface area contributed by atoms with Crippen LogP contribution in [0.5, 0.6) is 11.5 Å². The highest BCUT2D eigenvalue weighted by atomic mass is 35.5. The molecule has 1 amide bonds. The normalized spacial score (nSPS) is 10.8. The van der Waals surface area contributed by atoms with Crippen LogP contribution in [0, 0.1) is 6.92 Å². The number of ether oxygens (including phenoxy) is 3. The van der Waals surface area contributed by atoms with Crippen LogP contribution in [0.1, 0.15) is 21.8 Å². The number of nitrogens with one attached hydrogen (secondary N) is 1. The Kier molecular flexibility index (Phi) is 8.46. The highest BCUT2D eigenvalue weighted by Gasteiger charge is 2.12. The van der Waals surface area contributed by atoms with Crippen molar-refractivity contribution in [2.45, 2.75) is 20.0 Å². The first-order valence-electron chi connectivity index (χ1n) is 9.94. The second kappa shape index (κ2) is 11.5. The van der Waals surface area contributed by atoms with Crippen molar-refractivity contribution < 1.29 is 23.8 Å². The lowest BCUT2D eigenvalue weighted by Crippen LogP contribution is -2.15. The molecule has 7 nitrogen and oxygen atoms in total. The topological polar surface area (TPSA) is 86.8 Å². The molecule has 0 aliphatic carbocycles. The zero-order valence-corrected chi connectivity index (χ0v) is 20.0. The maximum Gasteiger partial charge on any atom is 0.331 e. The van der Waals surface area contributed by atoms with Crippen molar-refractivity contribution in [3.05, 3.63) is 74.7 Å². The standard InChI is InChI=1S/C24H23ClN2O5S/c1-15-6-4-5-7-19(15)27-21(28)12-22-26-17(14-33-22)13-32-23(29)9-8-16-10-18(25)24(31-3)20(11-16)30-2/h4-11,14H,12-13H2,1-3H3,(H,27,28)/b9-8+. The van der Waals surface area contributed by atoms with Crippen LogP contribution in [0.25, 0.3) is 6.08 Å². The van der Waals surface area contributed by atoms with Gasteiger partial charge in [-0.15, -0.1) is 11.3 Å². The number of methoxy groups -OCH3 is 2. The minimum Gasteiger partial charge on any atom is -0.493 e. The quantitative estimate of drug-likeness (QED) is 0.336. The fraction of sp³-hybridized carbons (Fsp3) is 0.208. The number of nitrogens with zero attached hydrogens (tertiary/aromatic N) is 1. The Labute approximate surface area is 201 Å². The number of anilines is 1. The Morgan fingerprint density at radius 2 is 1.97 bits per heavy atom. The van der Waals surface area contributed by atoms with E-state index in [2.05, 4.69) is 10.3 Å². The third kappa shape index (κ3) is 6.81. The van der Waals surface area contributed by atoms with Crippen molar-refractivity contribution >= 4 is 46.6 Å². The predicted octanol–water partition coefficient (Wildman–Crippen LogP) is 5.06. The van der Waals surface area contributed by atoms with Crippen molar-refractivity contribution in [2.75, 3.05) is 19.5 Å².